The van der Waals surface area contributed by atoms with Gasteiger partial charge in [-0.1, -0.05) is 12.8 Å². The molecule has 0 bridgehead atoms. The maximum Gasteiger partial charge on any atom is 0.0672 e. The van der Waals surface area contributed by atoms with E-state index in [1.807, 2.05) is 0 Å². The largest absolute Gasteiger partial charge is 0.310 e. The molecule has 0 spiro atoms. The maximum atomic E-state index is 11.3. The third-order valence-electron chi connectivity index (χ3n) is 3.77. The summed E-state index contributed by atoms with van der Waals surface area (Å²) in [6.07, 6.45) is 6.66. The number of nitrogens with zero attached hydrogens (tertiary/aromatic N) is 1. The fraction of sp³-hybridized carbons (Fsp3) is 0.917. The van der Waals surface area contributed by atoms with Crippen LogP contribution in [0.25, 0.3) is 0 Å². The lowest BCUT2D eigenvalue weighted by Crippen LogP contribution is -2.46. The summed E-state index contributed by atoms with van der Waals surface area (Å²) in [5.41, 5.74) is 0. The molecular formula is C12H20N2OS. The molecule has 2 rings (SSSR count). The molecule has 1 saturated heterocycles. The molecule has 2 aliphatic rings. The molecule has 4 heteroatoms. The van der Waals surface area contributed by atoms with E-state index in [1.54, 1.807) is 0 Å². The van der Waals surface area contributed by atoms with Gasteiger partial charge in [0, 0.05) is 34.4 Å². The maximum absolute atomic E-state index is 11.3. The first-order chi connectivity index (χ1) is 7.79. The predicted molar refractivity (Wildman–Crippen MR) is 65.4 cm³/mol. The van der Waals surface area contributed by atoms with Crippen LogP contribution in [0.5, 0.6) is 0 Å². The molecule has 16 heavy (non-hydrogen) atoms. The first kappa shape index (κ1) is 12.1. The fourth-order valence-electron chi connectivity index (χ4n) is 2.75. The van der Waals surface area contributed by atoms with Crippen LogP contribution in [0.3, 0.4) is 0 Å². The van der Waals surface area contributed by atoms with Crippen LogP contribution in [0.15, 0.2) is 0 Å². The minimum atomic E-state index is -0.583. The van der Waals surface area contributed by atoms with Crippen molar-refractivity contribution in [1.82, 2.24) is 5.32 Å². The van der Waals surface area contributed by atoms with Gasteiger partial charge in [-0.3, -0.25) is 4.21 Å². The normalized spacial score (nSPS) is 40.2. The zero-order valence-electron chi connectivity index (χ0n) is 9.65. The van der Waals surface area contributed by atoms with Gasteiger partial charge in [0.2, 0.25) is 0 Å². The first-order valence-electron chi connectivity index (χ1n) is 6.30. The lowest BCUT2D eigenvalue weighted by Gasteiger charge is -2.33. The highest BCUT2D eigenvalue weighted by molar-refractivity contribution is 7.85. The third kappa shape index (κ3) is 3.05. The number of hydrogen-bond donors (Lipinski definition) is 1. The van der Waals surface area contributed by atoms with E-state index in [9.17, 15) is 4.21 Å². The molecule has 2 atom stereocenters. The van der Waals surface area contributed by atoms with E-state index in [-0.39, 0.29) is 5.92 Å². The number of rotatable bonds is 2. The summed E-state index contributed by atoms with van der Waals surface area (Å²) in [5.74, 6) is 1.87. The molecule has 1 aliphatic heterocycles. The minimum absolute atomic E-state index is 0.196. The SMILES string of the molecule is N#CC1CCCCC1NC1CCS(=O)CC1. The molecule has 1 N–H and O–H groups in total. The van der Waals surface area contributed by atoms with Crippen molar-refractivity contribution in [2.75, 3.05) is 11.5 Å². The summed E-state index contributed by atoms with van der Waals surface area (Å²) in [4.78, 5) is 0. The highest BCUT2D eigenvalue weighted by Crippen LogP contribution is 2.25. The Morgan fingerprint density at radius 2 is 1.81 bits per heavy atom. The summed E-state index contributed by atoms with van der Waals surface area (Å²) in [7, 11) is -0.583. The van der Waals surface area contributed by atoms with E-state index < -0.39 is 10.8 Å². The van der Waals surface area contributed by atoms with Crippen molar-refractivity contribution in [3.8, 4) is 6.07 Å². The van der Waals surface area contributed by atoms with Crippen molar-refractivity contribution in [2.45, 2.75) is 50.6 Å². The molecule has 0 radical (unpaired) electrons. The van der Waals surface area contributed by atoms with Crippen LogP contribution < -0.4 is 5.32 Å². The van der Waals surface area contributed by atoms with Gasteiger partial charge in [0.1, 0.15) is 0 Å². The van der Waals surface area contributed by atoms with Crippen molar-refractivity contribution in [1.29, 1.82) is 5.26 Å². The summed E-state index contributed by atoms with van der Waals surface area (Å²) in [6.45, 7) is 0. The van der Waals surface area contributed by atoms with Crippen molar-refractivity contribution >= 4 is 10.8 Å². The fourth-order valence-corrected chi connectivity index (χ4v) is 4.05. The third-order valence-corrected chi connectivity index (χ3v) is 5.15. The monoisotopic (exact) mass is 240 g/mol. The quantitative estimate of drug-likeness (QED) is 0.797. The van der Waals surface area contributed by atoms with Crippen LogP contribution in [0.2, 0.25) is 0 Å². The summed E-state index contributed by atoms with van der Waals surface area (Å²) in [5, 5.41) is 12.7. The average molecular weight is 240 g/mol. The second-order valence-corrected chi connectivity index (χ2v) is 6.61. The molecule has 1 heterocycles. The van der Waals surface area contributed by atoms with Crippen molar-refractivity contribution in [3.05, 3.63) is 0 Å². The lowest BCUT2D eigenvalue weighted by molar-refractivity contribution is 0.278. The Bertz CT molecular complexity index is 290. The highest BCUT2D eigenvalue weighted by Gasteiger charge is 2.28. The molecule has 2 fully saturated rings. The van der Waals surface area contributed by atoms with E-state index in [0.29, 0.717) is 12.1 Å². The predicted octanol–water partition coefficient (Wildman–Crippen LogP) is 1.57. The van der Waals surface area contributed by atoms with E-state index in [0.717, 1.165) is 37.2 Å². The van der Waals surface area contributed by atoms with E-state index in [4.69, 9.17) is 5.26 Å². The van der Waals surface area contributed by atoms with Crippen molar-refractivity contribution < 1.29 is 4.21 Å². The lowest BCUT2D eigenvalue weighted by atomic mass is 9.85. The minimum Gasteiger partial charge on any atom is -0.310 e. The van der Waals surface area contributed by atoms with Crippen LogP contribution >= 0.6 is 0 Å². The number of nitriles is 1. The van der Waals surface area contributed by atoms with Crippen LogP contribution in [0.4, 0.5) is 0 Å². The Morgan fingerprint density at radius 1 is 1.12 bits per heavy atom. The van der Waals surface area contributed by atoms with Crippen molar-refractivity contribution in [3.63, 3.8) is 0 Å². The standard InChI is InChI=1S/C12H20N2OS/c13-9-10-3-1-2-4-12(10)14-11-5-7-16(15)8-6-11/h10-12,14H,1-8H2. The number of hydrogen-bond acceptors (Lipinski definition) is 3. The molecule has 2 unspecified atom stereocenters. The second-order valence-electron chi connectivity index (χ2n) is 4.92. The Hall–Kier alpha value is -0.400. The summed E-state index contributed by atoms with van der Waals surface area (Å²) < 4.78 is 11.3. The van der Waals surface area contributed by atoms with Gasteiger partial charge in [-0.15, -0.1) is 0 Å². The van der Waals surface area contributed by atoms with Gasteiger partial charge in [-0.25, -0.2) is 0 Å². The van der Waals surface area contributed by atoms with Crippen LogP contribution in [0, 0.1) is 17.2 Å². The molecular weight excluding hydrogens is 220 g/mol. The van der Waals surface area contributed by atoms with Crippen LogP contribution in [-0.4, -0.2) is 27.8 Å². The summed E-state index contributed by atoms with van der Waals surface area (Å²) in [6, 6.07) is 3.31. The molecule has 0 aromatic carbocycles. The molecule has 0 amide bonds. The van der Waals surface area contributed by atoms with Crippen LogP contribution in [-0.2, 0) is 10.8 Å². The smallest absolute Gasteiger partial charge is 0.0672 e. The average Bonchev–Trinajstić information content (AvgIpc) is 2.33. The molecule has 3 nitrogen and oxygen atoms in total. The second kappa shape index (κ2) is 5.79. The van der Waals surface area contributed by atoms with Gasteiger partial charge in [0.05, 0.1) is 12.0 Å². The Morgan fingerprint density at radius 3 is 2.50 bits per heavy atom. The topological polar surface area (TPSA) is 52.9 Å². The van der Waals surface area contributed by atoms with E-state index >= 15 is 0 Å². The zero-order chi connectivity index (χ0) is 11.4. The summed E-state index contributed by atoms with van der Waals surface area (Å²) >= 11 is 0. The van der Waals surface area contributed by atoms with Gasteiger partial charge in [0.15, 0.2) is 0 Å². The molecule has 1 aliphatic carbocycles. The number of nitrogens with one attached hydrogen (secondary N) is 1. The van der Waals surface area contributed by atoms with Gasteiger partial charge >= 0.3 is 0 Å². The zero-order valence-corrected chi connectivity index (χ0v) is 10.5. The van der Waals surface area contributed by atoms with Crippen LogP contribution in [0.1, 0.15) is 38.5 Å². The molecule has 0 aromatic rings. The van der Waals surface area contributed by atoms with Gasteiger partial charge < -0.3 is 5.32 Å². The van der Waals surface area contributed by atoms with Gasteiger partial charge in [-0.2, -0.15) is 5.26 Å². The van der Waals surface area contributed by atoms with Gasteiger partial charge in [0.25, 0.3) is 0 Å². The first-order valence-corrected chi connectivity index (χ1v) is 7.79. The Balaban J connectivity index is 1.83. The Kier molecular flexibility index (Phi) is 4.37. The Labute approximate surface area is 100 Å². The van der Waals surface area contributed by atoms with E-state index in [1.165, 1.54) is 12.8 Å². The molecule has 90 valence electrons. The molecule has 1 saturated carbocycles. The van der Waals surface area contributed by atoms with Crippen molar-refractivity contribution in [2.24, 2.45) is 5.92 Å². The van der Waals surface area contributed by atoms with Gasteiger partial charge in [-0.05, 0) is 25.7 Å². The highest BCUT2D eigenvalue weighted by atomic mass is 32.2. The molecule has 0 aromatic heterocycles. The van der Waals surface area contributed by atoms with E-state index in [2.05, 4.69) is 11.4 Å².